The Morgan fingerprint density at radius 3 is 2.71 bits per heavy atom. The maximum atomic E-state index is 11.9. The molecular weight excluding hydrogens is 360 g/mol. The number of guanidine groups is 1. The molecule has 0 aromatic heterocycles. The fourth-order valence-electron chi connectivity index (χ4n) is 2.57. The summed E-state index contributed by atoms with van der Waals surface area (Å²) in [6, 6.07) is 7.76. The van der Waals surface area contributed by atoms with E-state index in [1.165, 1.54) is 0 Å². The summed E-state index contributed by atoms with van der Waals surface area (Å²) in [6.45, 7) is 3.55. The first-order valence-corrected chi connectivity index (χ1v) is 9.63. The van der Waals surface area contributed by atoms with Crippen LogP contribution in [0.4, 0.5) is 0 Å². The van der Waals surface area contributed by atoms with Crippen LogP contribution in [0.3, 0.4) is 0 Å². The third-order valence-electron chi connectivity index (χ3n) is 4.34. The second-order valence-corrected chi connectivity index (χ2v) is 6.79. The molecule has 0 bridgehead atoms. The Labute approximate surface area is 167 Å². The number of aliphatic imine (C=N–C) groups is 1. The number of ether oxygens (including phenoxy) is 3. The van der Waals surface area contributed by atoms with Gasteiger partial charge in [0.05, 0.1) is 32.9 Å². The van der Waals surface area contributed by atoms with Crippen LogP contribution in [0.1, 0.15) is 18.4 Å². The van der Waals surface area contributed by atoms with Crippen molar-refractivity contribution in [1.82, 2.24) is 15.5 Å². The smallest absolute Gasteiger partial charge is 0.241 e. The van der Waals surface area contributed by atoms with E-state index in [1.54, 1.807) is 26.1 Å². The number of methoxy groups -OCH3 is 1. The van der Waals surface area contributed by atoms with Gasteiger partial charge in [-0.25, -0.2) is 4.99 Å². The van der Waals surface area contributed by atoms with Crippen LogP contribution >= 0.6 is 0 Å². The molecular formula is C20H32N4O4. The molecule has 1 aliphatic rings. The Kier molecular flexibility index (Phi) is 9.57. The van der Waals surface area contributed by atoms with Crippen LogP contribution in [0.2, 0.25) is 0 Å². The van der Waals surface area contributed by atoms with E-state index >= 15 is 0 Å². The van der Waals surface area contributed by atoms with Crippen LogP contribution in [-0.4, -0.2) is 77.0 Å². The molecule has 156 valence electrons. The fraction of sp³-hybridized carbons (Fsp3) is 0.600. The van der Waals surface area contributed by atoms with Crippen LogP contribution in [0.5, 0.6) is 5.75 Å². The molecule has 1 fully saturated rings. The monoisotopic (exact) mass is 392 g/mol. The van der Waals surface area contributed by atoms with Crippen molar-refractivity contribution in [2.75, 3.05) is 54.1 Å². The van der Waals surface area contributed by atoms with Crippen LogP contribution < -0.4 is 15.4 Å². The maximum Gasteiger partial charge on any atom is 0.241 e. The fourth-order valence-corrected chi connectivity index (χ4v) is 2.57. The molecule has 1 unspecified atom stereocenters. The Morgan fingerprint density at radius 1 is 1.29 bits per heavy atom. The first-order chi connectivity index (χ1) is 13.6. The maximum absolute atomic E-state index is 11.9. The van der Waals surface area contributed by atoms with Gasteiger partial charge in [0, 0.05) is 33.9 Å². The summed E-state index contributed by atoms with van der Waals surface area (Å²) in [7, 11) is 5.11. The lowest BCUT2D eigenvalue weighted by molar-refractivity contribution is -0.127. The zero-order valence-electron chi connectivity index (χ0n) is 17.1. The van der Waals surface area contributed by atoms with Gasteiger partial charge in [0.25, 0.3) is 0 Å². The highest BCUT2D eigenvalue weighted by atomic mass is 16.5. The van der Waals surface area contributed by atoms with Gasteiger partial charge in [-0.3, -0.25) is 4.79 Å². The molecule has 2 rings (SSSR count). The number of likely N-dealkylation sites (N-methyl/N-ethyl adjacent to an activating group) is 1. The van der Waals surface area contributed by atoms with Gasteiger partial charge < -0.3 is 29.7 Å². The van der Waals surface area contributed by atoms with Crippen LogP contribution in [-0.2, 0) is 20.8 Å². The minimum atomic E-state index is -0.0106. The van der Waals surface area contributed by atoms with Gasteiger partial charge in [-0.2, -0.15) is 0 Å². The molecule has 0 saturated carbocycles. The number of carbonyl (C=O) groups is 1. The predicted octanol–water partition coefficient (Wildman–Crippen LogP) is 1.01. The lowest BCUT2D eigenvalue weighted by Crippen LogP contribution is -2.43. The quantitative estimate of drug-likeness (QED) is 0.351. The zero-order chi connectivity index (χ0) is 20.2. The van der Waals surface area contributed by atoms with Gasteiger partial charge >= 0.3 is 0 Å². The molecule has 1 heterocycles. The normalized spacial score (nSPS) is 16.7. The second kappa shape index (κ2) is 12.2. The van der Waals surface area contributed by atoms with Crippen molar-refractivity contribution in [2.24, 2.45) is 4.99 Å². The van der Waals surface area contributed by atoms with E-state index < -0.39 is 0 Å². The predicted molar refractivity (Wildman–Crippen MR) is 109 cm³/mol. The average Bonchev–Trinajstić information content (AvgIpc) is 3.22. The number of rotatable bonds is 10. The highest BCUT2D eigenvalue weighted by Gasteiger charge is 2.15. The van der Waals surface area contributed by atoms with Crippen molar-refractivity contribution in [3.8, 4) is 5.75 Å². The number of amides is 1. The summed E-state index contributed by atoms with van der Waals surface area (Å²) < 4.78 is 16.2. The van der Waals surface area contributed by atoms with E-state index in [4.69, 9.17) is 14.2 Å². The lowest BCUT2D eigenvalue weighted by atomic mass is 10.2. The lowest BCUT2D eigenvalue weighted by Gasteiger charge is -2.15. The first kappa shape index (κ1) is 22.0. The third-order valence-corrected chi connectivity index (χ3v) is 4.34. The van der Waals surface area contributed by atoms with Gasteiger partial charge in [-0.15, -0.1) is 0 Å². The Hall–Kier alpha value is -2.32. The van der Waals surface area contributed by atoms with Gasteiger partial charge in [-0.05, 0) is 30.5 Å². The number of nitrogens with one attached hydrogen (secondary N) is 2. The highest BCUT2D eigenvalue weighted by molar-refractivity contribution is 5.86. The molecule has 1 aromatic rings. The summed E-state index contributed by atoms with van der Waals surface area (Å²) in [5, 5.41) is 6.35. The molecule has 8 nitrogen and oxygen atoms in total. The standard InChI is InChI=1S/C20H32N4O4/c1-24(2)19(25)14-23-20(21-10-4-11-28-18-9-12-27-15-18)22-13-16-5-7-17(26-3)8-6-16/h5-8,18H,4,9-15H2,1-3H3,(H2,21,22,23). The van der Waals surface area contributed by atoms with Gasteiger partial charge in [0.15, 0.2) is 5.96 Å². The molecule has 2 N–H and O–H groups in total. The molecule has 0 spiro atoms. The number of hydrogen-bond donors (Lipinski definition) is 2. The van der Waals surface area contributed by atoms with Crippen LogP contribution in [0.15, 0.2) is 29.3 Å². The van der Waals surface area contributed by atoms with E-state index in [1.807, 2.05) is 24.3 Å². The topological polar surface area (TPSA) is 84.4 Å². The molecule has 1 amide bonds. The van der Waals surface area contributed by atoms with Crippen molar-refractivity contribution in [3.05, 3.63) is 29.8 Å². The highest BCUT2D eigenvalue weighted by Crippen LogP contribution is 2.12. The van der Waals surface area contributed by atoms with Crippen LogP contribution in [0, 0.1) is 0 Å². The summed E-state index contributed by atoms with van der Waals surface area (Å²) in [6.07, 6.45) is 2.04. The van der Waals surface area contributed by atoms with Crippen molar-refractivity contribution < 1.29 is 19.0 Å². The third kappa shape index (κ3) is 8.14. The van der Waals surface area contributed by atoms with Crippen molar-refractivity contribution in [3.63, 3.8) is 0 Å². The summed E-state index contributed by atoms with van der Waals surface area (Å²) in [5.41, 5.74) is 1.06. The first-order valence-electron chi connectivity index (χ1n) is 9.63. The average molecular weight is 393 g/mol. The molecule has 8 heteroatoms. The Morgan fingerprint density at radius 2 is 2.07 bits per heavy atom. The molecule has 1 aromatic carbocycles. The molecule has 1 atom stereocenters. The second-order valence-electron chi connectivity index (χ2n) is 6.79. The van der Waals surface area contributed by atoms with E-state index in [0.717, 1.165) is 30.8 Å². The SMILES string of the molecule is COc1ccc(CN=C(NCCCOC2CCOC2)NCC(=O)N(C)C)cc1. The van der Waals surface area contributed by atoms with Gasteiger partial charge in [0.1, 0.15) is 5.75 Å². The van der Waals surface area contributed by atoms with Gasteiger partial charge in [-0.1, -0.05) is 12.1 Å². The van der Waals surface area contributed by atoms with Gasteiger partial charge in [0.2, 0.25) is 5.91 Å². The Bertz CT molecular complexity index is 613. The van der Waals surface area contributed by atoms with Crippen molar-refractivity contribution in [1.29, 1.82) is 0 Å². The molecule has 1 aliphatic heterocycles. The minimum absolute atomic E-state index is 0.0106. The zero-order valence-corrected chi connectivity index (χ0v) is 17.1. The molecule has 28 heavy (non-hydrogen) atoms. The molecule has 0 aliphatic carbocycles. The van der Waals surface area contributed by atoms with E-state index in [-0.39, 0.29) is 18.6 Å². The van der Waals surface area contributed by atoms with E-state index in [2.05, 4.69) is 15.6 Å². The number of hydrogen-bond acceptors (Lipinski definition) is 5. The van der Waals surface area contributed by atoms with Crippen molar-refractivity contribution >= 4 is 11.9 Å². The summed E-state index contributed by atoms with van der Waals surface area (Å²) in [4.78, 5) is 18.0. The van der Waals surface area contributed by atoms with E-state index in [0.29, 0.717) is 32.3 Å². The molecule has 0 radical (unpaired) electrons. The van der Waals surface area contributed by atoms with E-state index in [9.17, 15) is 4.79 Å². The number of nitrogens with zero attached hydrogens (tertiary/aromatic N) is 2. The number of carbonyl (C=O) groups excluding carboxylic acids is 1. The van der Waals surface area contributed by atoms with Crippen LogP contribution in [0.25, 0.3) is 0 Å². The minimum Gasteiger partial charge on any atom is -0.497 e. The Balaban J connectivity index is 1.80. The summed E-state index contributed by atoms with van der Waals surface area (Å²) >= 11 is 0. The largest absolute Gasteiger partial charge is 0.497 e. The number of benzene rings is 1. The molecule has 1 saturated heterocycles. The summed E-state index contributed by atoms with van der Waals surface area (Å²) in [5.74, 6) is 1.41. The van der Waals surface area contributed by atoms with Crippen molar-refractivity contribution in [2.45, 2.75) is 25.5 Å².